The summed E-state index contributed by atoms with van der Waals surface area (Å²) in [7, 11) is 0. The van der Waals surface area contributed by atoms with Crippen molar-refractivity contribution in [2.75, 3.05) is 0 Å². The minimum absolute atomic E-state index is 0.0822. The summed E-state index contributed by atoms with van der Waals surface area (Å²) in [5, 5.41) is 3.15. The van der Waals surface area contributed by atoms with E-state index in [9.17, 15) is 4.91 Å². The molecule has 2 bridgehead atoms. The summed E-state index contributed by atoms with van der Waals surface area (Å²) < 4.78 is 0. The van der Waals surface area contributed by atoms with Gasteiger partial charge in [-0.2, -0.15) is 4.91 Å². The standard InChI is InChI=1S/C7H10BrNO/c8-6-4-1-2-5(3-4)7(6)9-10/h4-7H,1-3H2/t4-,5+,6+,7-/m0/s1. The molecule has 10 heavy (non-hydrogen) atoms. The lowest BCUT2D eigenvalue weighted by Crippen LogP contribution is -2.25. The van der Waals surface area contributed by atoms with Crippen LogP contribution in [0, 0.1) is 16.7 Å². The molecular weight excluding hydrogens is 194 g/mol. The fourth-order valence-corrected chi connectivity index (χ4v) is 3.34. The lowest BCUT2D eigenvalue weighted by molar-refractivity contribution is 0.433. The van der Waals surface area contributed by atoms with E-state index in [1.807, 2.05) is 0 Å². The van der Waals surface area contributed by atoms with Crippen LogP contribution >= 0.6 is 15.9 Å². The van der Waals surface area contributed by atoms with E-state index in [2.05, 4.69) is 21.1 Å². The summed E-state index contributed by atoms with van der Waals surface area (Å²) in [4.78, 5) is 10.7. The van der Waals surface area contributed by atoms with Gasteiger partial charge in [0.2, 0.25) is 0 Å². The largest absolute Gasteiger partial charge is 0.150 e. The summed E-state index contributed by atoms with van der Waals surface area (Å²) in [6.45, 7) is 0. The smallest absolute Gasteiger partial charge is 0.107 e. The van der Waals surface area contributed by atoms with Gasteiger partial charge < -0.3 is 0 Å². The van der Waals surface area contributed by atoms with Crippen molar-refractivity contribution >= 4 is 15.9 Å². The fourth-order valence-electron chi connectivity index (χ4n) is 2.34. The first-order chi connectivity index (χ1) is 4.83. The Kier molecular flexibility index (Phi) is 1.55. The van der Waals surface area contributed by atoms with Crippen molar-refractivity contribution in [3.63, 3.8) is 0 Å². The van der Waals surface area contributed by atoms with Gasteiger partial charge in [-0.05, 0) is 31.1 Å². The van der Waals surface area contributed by atoms with Crippen molar-refractivity contribution < 1.29 is 0 Å². The Morgan fingerprint density at radius 3 is 2.40 bits per heavy atom. The van der Waals surface area contributed by atoms with Gasteiger partial charge >= 0.3 is 0 Å². The third-order valence-corrected chi connectivity index (χ3v) is 4.18. The van der Waals surface area contributed by atoms with Gasteiger partial charge in [0.1, 0.15) is 6.04 Å². The predicted octanol–water partition coefficient (Wildman–Crippen LogP) is 2.31. The van der Waals surface area contributed by atoms with Gasteiger partial charge in [0.25, 0.3) is 0 Å². The molecule has 0 spiro atoms. The highest BCUT2D eigenvalue weighted by Crippen LogP contribution is 2.49. The molecule has 0 aromatic carbocycles. The summed E-state index contributed by atoms with van der Waals surface area (Å²) in [6.07, 6.45) is 3.75. The van der Waals surface area contributed by atoms with Crippen LogP contribution < -0.4 is 0 Å². The van der Waals surface area contributed by atoms with Crippen LogP contribution in [0.25, 0.3) is 0 Å². The molecule has 2 aliphatic rings. The van der Waals surface area contributed by atoms with Gasteiger partial charge in [-0.3, -0.25) is 0 Å². The Morgan fingerprint density at radius 1 is 1.30 bits per heavy atom. The van der Waals surface area contributed by atoms with Gasteiger partial charge in [0.05, 0.1) is 0 Å². The maximum Gasteiger partial charge on any atom is 0.107 e. The van der Waals surface area contributed by atoms with Crippen LogP contribution in [-0.2, 0) is 0 Å². The van der Waals surface area contributed by atoms with E-state index in [1.54, 1.807) is 0 Å². The van der Waals surface area contributed by atoms with E-state index in [1.165, 1.54) is 19.3 Å². The van der Waals surface area contributed by atoms with E-state index in [-0.39, 0.29) is 6.04 Å². The third kappa shape index (κ3) is 0.760. The average Bonchev–Trinajstić information content (AvgIpc) is 2.46. The number of hydrogen-bond donors (Lipinski definition) is 0. The number of fused-ring (bicyclic) bond motifs is 2. The molecule has 2 rings (SSSR count). The number of nitroso groups, excluding NO2 is 1. The summed E-state index contributed by atoms with van der Waals surface area (Å²) in [6, 6.07) is 0.0822. The maximum atomic E-state index is 10.3. The van der Waals surface area contributed by atoms with E-state index in [4.69, 9.17) is 0 Å². The van der Waals surface area contributed by atoms with Crippen molar-refractivity contribution in [1.29, 1.82) is 0 Å². The molecule has 0 unspecified atom stereocenters. The topological polar surface area (TPSA) is 29.4 Å². The molecule has 0 N–H and O–H groups in total. The molecule has 0 saturated heterocycles. The molecule has 0 aliphatic heterocycles. The van der Waals surface area contributed by atoms with Crippen molar-refractivity contribution in [1.82, 2.24) is 0 Å². The molecule has 56 valence electrons. The Bertz CT molecular complexity index is 160. The molecule has 2 saturated carbocycles. The number of hydrogen-bond acceptors (Lipinski definition) is 2. The minimum Gasteiger partial charge on any atom is -0.150 e. The molecule has 0 aromatic heterocycles. The molecule has 0 amide bonds. The molecule has 2 nitrogen and oxygen atoms in total. The number of rotatable bonds is 1. The second kappa shape index (κ2) is 2.29. The molecule has 3 heteroatoms. The van der Waals surface area contributed by atoms with Crippen LogP contribution in [0.5, 0.6) is 0 Å². The highest BCUT2D eigenvalue weighted by molar-refractivity contribution is 9.09. The zero-order chi connectivity index (χ0) is 7.14. The fraction of sp³-hybridized carbons (Fsp3) is 1.00. The Hall–Kier alpha value is 0.0800. The highest BCUT2D eigenvalue weighted by atomic mass is 79.9. The van der Waals surface area contributed by atoms with E-state index in [0.717, 1.165) is 5.92 Å². The molecule has 4 atom stereocenters. The van der Waals surface area contributed by atoms with Gasteiger partial charge in [0, 0.05) is 4.83 Å². The number of nitrogens with zero attached hydrogens (tertiary/aromatic N) is 1. The number of alkyl halides is 1. The van der Waals surface area contributed by atoms with Crippen LogP contribution in [0.15, 0.2) is 5.18 Å². The second-order valence-corrected chi connectivity index (χ2v) is 4.43. The summed E-state index contributed by atoms with van der Waals surface area (Å²) in [5.41, 5.74) is 0. The third-order valence-electron chi connectivity index (χ3n) is 2.90. The summed E-state index contributed by atoms with van der Waals surface area (Å²) in [5.74, 6) is 1.35. The molecule has 2 fully saturated rings. The number of halogens is 1. The highest BCUT2D eigenvalue weighted by Gasteiger charge is 2.47. The van der Waals surface area contributed by atoms with Crippen LogP contribution in [0.2, 0.25) is 0 Å². The second-order valence-electron chi connectivity index (χ2n) is 3.37. The first-order valence-electron chi connectivity index (χ1n) is 3.79. The zero-order valence-electron chi connectivity index (χ0n) is 5.66. The first kappa shape index (κ1) is 6.77. The summed E-state index contributed by atoms with van der Waals surface area (Å²) >= 11 is 3.53. The van der Waals surface area contributed by atoms with Crippen LogP contribution in [0.3, 0.4) is 0 Å². The lowest BCUT2D eigenvalue weighted by atomic mass is 9.96. The minimum atomic E-state index is 0.0822. The lowest BCUT2D eigenvalue weighted by Gasteiger charge is -2.19. The van der Waals surface area contributed by atoms with Crippen LogP contribution in [0.4, 0.5) is 0 Å². The molecular formula is C7H10BrNO. The SMILES string of the molecule is O=N[C@H]1[C@@H]2CC[C@@H](C2)[C@H]1Br. The maximum absolute atomic E-state index is 10.3. The van der Waals surface area contributed by atoms with Crippen LogP contribution in [-0.4, -0.2) is 10.9 Å². The van der Waals surface area contributed by atoms with Gasteiger partial charge in [0.15, 0.2) is 0 Å². The van der Waals surface area contributed by atoms with Crippen molar-refractivity contribution in [2.24, 2.45) is 17.0 Å². The predicted molar refractivity (Wildman–Crippen MR) is 43.1 cm³/mol. The van der Waals surface area contributed by atoms with Crippen molar-refractivity contribution in [2.45, 2.75) is 30.1 Å². The normalized spacial score (nSPS) is 51.7. The van der Waals surface area contributed by atoms with E-state index >= 15 is 0 Å². The molecule has 0 heterocycles. The van der Waals surface area contributed by atoms with Crippen molar-refractivity contribution in [3.8, 4) is 0 Å². The van der Waals surface area contributed by atoms with Crippen molar-refractivity contribution in [3.05, 3.63) is 4.91 Å². The quantitative estimate of drug-likeness (QED) is 0.476. The Morgan fingerprint density at radius 2 is 2.00 bits per heavy atom. The molecule has 0 radical (unpaired) electrons. The monoisotopic (exact) mass is 203 g/mol. The molecule has 2 aliphatic carbocycles. The zero-order valence-corrected chi connectivity index (χ0v) is 7.25. The van der Waals surface area contributed by atoms with Gasteiger partial charge in [-0.1, -0.05) is 21.1 Å². The van der Waals surface area contributed by atoms with Gasteiger partial charge in [-0.25, -0.2) is 0 Å². The van der Waals surface area contributed by atoms with Crippen LogP contribution in [0.1, 0.15) is 19.3 Å². The first-order valence-corrected chi connectivity index (χ1v) is 4.71. The Labute approximate surface area is 68.5 Å². The van der Waals surface area contributed by atoms with Gasteiger partial charge in [-0.15, -0.1) is 0 Å². The Balaban J connectivity index is 2.16. The average molecular weight is 204 g/mol. The molecule has 0 aromatic rings. The van der Waals surface area contributed by atoms with E-state index in [0.29, 0.717) is 10.7 Å². The van der Waals surface area contributed by atoms with E-state index < -0.39 is 0 Å².